The van der Waals surface area contributed by atoms with Gasteiger partial charge in [0.05, 0.1) is 17.4 Å². The number of aryl methyl sites for hydroxylation is 2. The van der Waals surface area contributed by atoms with Gasteiger partial charge in [0, 0.05) is 52.3 Å². The Morgan fingerprint density at radius 3 is 2.74 bits per heavy atom. The zero-order valence-electron chi connectivity index (χ0n) is 12.1. The van der Waals surface area contributed by atoms with Crippen LogP contribution in [0.25, 0.3) is 0 Å². The lowest BCUT2D eigenvalue weighted by molar-refractivity contribution is -0.151. The van der Waals surface area contributed by atoms with E-state index in [2.05, 4.69) is 18.1 Å². The summed E-state index contributed by atoms with van der Waals surface area (Å²) in [5.41, 5.74) is 1.63. The van der Waals surface area contributed by atoms with E-state index in [0.29, 0.717) is 19.6 Å². The molecule has 0 saturated carbocycles. The van der Waals surface area contributed by atoms with Gasteiger partial charge in [-0.05, 0) is 12.5 Å². The van der Waals surface area contributed by atoms with Crippen molar-refractivity contribution in [3.8, 4) is 0 Å². The first-order chi connectivity index (χ1) is 9.11. The van der Waals surface area contributed by atoms with Gasteiger partial charge in [0.25, 0.3) is 0 Å². The molecular formula is C14H24N2O3. The summed E-state index contributed by atoms with van der Waals surface area (Å²) in [6.07, 6.45) is 2.43. The van der Waals surface area contributed by atoms with Gasteiger partial charge in [-0.2, -0.15) is 5.10 Å². The highest BCUT2D eigenvalue weighted by Crippen LogP contribution is 2.30. The summed E-state index contributed by atoms with van der Waals surface area (Å²) in [5.74, 6) is 0. The highest BCUT2D eigenvalue weighted by Gasteiger charge is 2.40. The zero-order valence-corrected chi connectivity index (χ0v) is 12.1. The van der Waals surface area contributed by atoms with Crippen LogP contribution in [0.15, 0.2) is 6.07 Å². The van der Waals surface area contributed by atoms with Crippen LogP contribution in [0, 0.1) is 0 Å². The Hall–Kier alpha value is -0.910. The fourth-order valence-electron chi connectivity index (χ4n) is 2.71. The third-order valence-electron chi connectivity index (χ3n) is 4.15. The average molecular weight is 268 g/mol. The van der Waals surface area contributed by atoms with Crippen LogP contribution in [0.3, 0.4) is 0 Å². The van der Waals surface area contributed by atoms with Crippen molar-refractivity contribution in [2.45, 2.75) is 44.3 Å². The maximum absolute atomic E-state index is 10.6. The highest BCUT2D eigenvalue weighted by molar-refractivity contribution is 5.12. The number of hydrogen-bond acceptors (Lipinski definition) is 4. The van der Waals surface area contributed by atoms with Gasteiger partial charge in [0.2, 0.25) is 0 Å². The predicted octanol–water partition coefficient (Wildman–Crippen LogP) is 1.08. The summed E-state index contributed by atoms with van der Waals surface area (Å²) in [7, 11) is 3.60. The monoisotopic (exact) mass is 268 g/mol. The molecule has 2 rings (SSSR count). The fourth-order valence-corrected chi connectivity index (χ4v) is 2.71. The van der Waals surface area contributed by atoms with Crippen LogP contribution in [-0.4, -0.2) is 46.9 Å². The predicted molar refractivity (Wildman–Crippen MR) is 72.1 cm³/mol. The number of ether oxygens (including phenoxy) is 2. The van der Waals surface area contributed by atoms with Crippen LogP contribution in [0.1, 0.15) is 31.2 Å². The number of rotatable bonds is 5. The van der Waals surface area contributed by atoms with Crippen LogP contribution >= 0.6 is 0 Å². The summed E-state index contributed by atoms with van der Waals surface area (Å²) >= 11 is 0. The molecule has 1 aliphatic rings. The molecule has 1 aliphatic heterocycles. The second-order valence-corrected chi connectivity index (χ2v) is 5.21. The summed E-state index contributed by atoms with van der Waals surface area (Å²) in [4.78, 5) is 0. The quantitative estimate of drug-likeness (QED) is 0.868. The number of nitrogens with zero attached hydrogens (tertiary/aromatic N) is 2. The second-order valence-electron chi connectivity index (χ2n) is 5.21. The molecular weight excluding hydrogens is 244 g/mol. The Morgan fingerprint density at radius 2 is 2.21 bits per heavy atom. The van der Waals surface area contributed by atoms with E-state index in [9.17, 15) is 5.11 Å². The Labute approximate surface area is 114 Å². The van der Waals surface area contributed by atoms with Crippen molar-refractivity contribution in [1.29, 1.82) is 0 Å². The molecule has 1 aromatic rings. The number of aromatic nitrogens is 2. The van der Waals surface area contributed by atoms with E-state index in [1.807, 2.05) is 11.7 Å². The molecule has 0 bridgehead atoms. The number of aliphatic hydroxyl groups excluding tert-OH is 1. The van der Waals surface area contributed by atoms with Crippen LogP contribution in [0.4, 0.5) is 0 Å². The van der Waals surface area contributed by atoms with Crippen LogP contribution in [0.5, 0.6) is 0 Å². The molecule has 0 aliphatic carbocycles. The van der Waals surface area contributed by atoms with Crippen molar-refractivity contribution < 1.29 is 14.6 Å². The van der Waals surface area contributed by atoms with Crippen LogP contribution in [-0.2, 0) is 29.4 Å². The van der Waals surface area contributed by atoms with E-state index in [4.69, 9.17) is 9.47 Å². The van der Waals surface area contributed by atoms with Gasteiger partial charge in [0.1, 0.15) is 0 Å². The van der Waals surface area contributed by atoms with Crippen molar-refractivity contribution in [3.05, 3.63) is 17.5 Å². The molecule has 0 aromatic carbocycles. The van der Waals surface area contributed by atoms with E-state index in [1.54, 1.807) is 7.11 Å². The van der Waals surface area contributed by atoms with Gasteiger partial charge in [-0.25, -0.2) is 0 Å². The van der Waals surface area contributed by atoms with Crippen molar-refractivity contribution in [1.82, 2.24) is 9.78 Å². The minimum absolute atomic E-state index is 0.477. The van der Waals surface area contributed by atoms with Gasteiger partial charge in [-0.15, -0.1) is 0 Å². The number of aliphatic hydroxyl groups is 1. The van der Waals surface area contributed by atoms with Crippen LogP contribution < -0.4 is 0 Å². The first-order valence-electron chi connectivity index (χ1n) is 6.94. The lowest BCUT2D eigenvalue weighted by Gasteiger charge is -2.39. The van der Waals surface area contributed by atoms with E-state index in [1.165, 1.54) is 0 Å². The fraction of sp³-hybridized carbons (Fsp3) is 0.786. The van der Waals surface area contributed by atoms with Crippen molar-refractivity contribution >= 4 is 0 Å². The molecule has 0 spiro atoms. The third kappa shape index (κ3) is 2.99. The van der Waals surface area contributed by atoms with Crippen molar-refractivity contribution in [3.63, 3.8) is 0 Å². The maximum Gasteiger partial charge on any atom is 0.0983 e. The summed E-state index contributed by atoms with van der Waals surface area (Å²) in [6.45, 7) is 3.38. The van der Waals surface area contributed by atoms with Gasteiger partial charge in [-0.1, -0.05) is 6.92 Å². The molecule has 1 N–H and O–H groups in total. The van der Waals surface area contributed by atoms with E-state index in [-0.39, 0.29) is 0 Å². The summed E-state index contributed by atoms with van der Waals surface area (Å²) < 4.78 is 12.8. The SMILES string of the molecule is CCc1cc(CC(O)C2(OC)CCOCC2)n(C)n1. The van der Waals surface area contributed by atoms with Gasteiger partial charge >= 0.3 is 0 Å². The molecule has 5 nitrogen and oxygen atoms in total. The summed E-state index contributed by atoms with van der Waals surface area (Å²) in [5, 5.41) is 15.0. The Morgan fingerprint density at radius 1 is 1.53 bits per heavy atom. The molecule has 0 amide bonds. The van der Waals surface area contributed by atoms with Gasteiger partial charge in [0.15, 0.2) is 0 Å². The van der Waals surface area contributed by atoms with E-state index >= 15 is 0 Å². The molecule has 1 saturated heterocycles. The molecule has 2 heterocycles. The molecule has 1 atom stereocenters. The average Bonchev–Trinajstić information content (AvgIpc) is 2.80. The topological polar surface area (TPSA) is 56.5 Å². The number of hydrogen-bond donors (Lipinski definition) is 1. The second kappa shape index (κ2) is 6.03. The lowest BCUT2D eigenvalue weighted by atomic mass is 9.85. The minimum atomic E-state index is -0.526. The molecule has 108 valence electrons. The standard InChI is InChI=1S/C14H24N2O3/c1-4-11-9-12(16(2)15-11)10-13(17)14(18-3)5-7-19-8-6-14/h9,13,17H,4-8,10H2,1-3H3. The molecule has 1 fully saturated rings. The molecule has 19 heavy (non-hydrogen) atoms. The third-order valence-corrected chi connectivity index (χ3v) is 4.15. The van der Waals surface area contributed by atoms with E-state index in [0.717, 1.165) is 30.7 Å². The molecule has 1 aromatic heterocycles. The van der Waals surface area contributed by atoms with Gasteiger partial charge < -0.3 is 14.6 Å². The van der Waals surface area contributed by atoms with Crippen molar-refractivity contribution in [2.24, 2.45) is 7.05 Å². The Bertz CT molecular complexity index is 411. The first-order valence-corrected chi connectivity index (χ1v) is 6.94. The normalized spacial score (nSPS) is 20.4. The molecule has 5 heteroatoms. The smallest absolute Gasteiger partial charge is 0.0983 e. The summed E-state index contributed by atoms with van der Waals surface area (Å²) in [6, 6.07) is 2.06. The maximum atomic E-state index is 10.6. The number of methoxy groups -OCH3 is 1. The van der Waals surface area contributed by atoms with Crippen LogP contribution in [0.2, 0.25) is 0 Å². The zero-order chi connectivity index (χ0) is 13.9. The minimum Gasteiger partial charge on any atom is -0.390 e. The molecule has 0 radical (unpaired) electrons. The Balaban J connectivity index is 2.09. The van der Waals surface area contributed by atoms with Gasteiger partial charge in [-0.3, -0.25) is 4.68 Å². The van der Waals surface area contributed by atoms with E-state index < -0.39 is 11.7 Å². The van der Waals surface area contributed by atoms with Crippen molar-refractivity contribution in [2.75, 3.05) is 20.3 Å². The molecule has 1 unspecified atom stereocenters. The highest BCUT2D eigenvalue weighted by atomic mass is 16.5. The Kier molecular flexibility index (Phi) is 4.60. The lowest BCUT2D eigenvalue weighted by Crippen LogP contribution is -2.49. The largest absolute Gasteiger partial charge is 0.390 e. The first kappa shape index (κ1) is 14.5.